The molecular weight excluding hydrogens is 298 g/mol. The molecule has 2 heterocycles. The zero-order valence-corrected chi connectivity index (χ0v) is 12.7. The van der Waals surface area contributed by atoms with Crippen LogP contribution in [0.5, 0.6) is 0 Å². The quantitative estimate of drug-likeness (QED) is 0.811. The molecule has 108 valence electrons. The molecule has 8 heteroatoms. The number of sulfonamides is 1. The number of thiophene rings is 1. The van der Waals surface area contributed by atoms with Gasteiger partial charge < -0.3 is 4.90 Å². The fraction of sp³-hybridized carbons (Fsp3) is 0.500. The van der Waals surface area contributed by atoms with Gasteiger partial charge in [0.25, 0.3) is 10.0 Å². The second-order valence-corrected chi connectivity index (χ2v) is 7.74. The molecule has 0 saturated carbocycles. The van der Waals surface area contributed by atoms with Crippen molar-refractivity contribution >= 4 is 27.3 Å². The van der Waals surface area contributed by atoms with Crippen molar-refractivity contribution in [1.29, 1.82) is 5.26 Å². The smallest absolute Gasteiger partial charge is 0.252 e. The largest absolute Gasteiger partial charge is 0.342 e. The number of nitrogens with zero attached hydrogens (tertiary/aromatic N) is 3. The van der Waals surface area contributed by atoms with E-state index in [2.05, 4.69) is 0 Å². The van der Waals surface area contributed by atoms with E-state index in [-0.39, 0.29) is 10.1 Å². The summed E-state index contributed by atoms with van der Waals surface area (Å²) in [7, 11) is -3.56. The van der Waals surface area contributed by atoms with Crippen molar-refractivity contribution in [2.24, 2.45) is 0 Å². The van der Waals surface area contributed by atoms with Crippen molar-refractivity contribution < 1.29 is 13.2 Å². The average Bonchev–Trinajstić information content (AvgIpc) is 2.75. The zero-order valence-electron chi connectivity index (χ0n) is 11.1. The lowest BCUT2D eigenvalue weighted by molar-refractivity contribution is -0.128. The summed E-state index contributed by atoms with van der Waals surface area (Å²) < 4.78 is 26.5. The number of carbonyl (C=O) groups is 1. The molecule has 0 N–H and O–H groups in total. The summed E-state index contributed by atoms with van der Waals surface area (Å²) >= 11 is 0.976. The Kier molecular flexibility index (Phi) is 4.42. The minimum atomic E-state index is -3.56. The zero-order chi connectivity index (χ0) is 14.8. The second-order valence-electron chi connectivity index (χ2n) is 4.49. The predicted octanol–water partition coefficient (Wildman–Crippen LogP) is 0.863. The Morgan fingerprint density at radius 3 is 2.65 bits per heavy atom. The highest BCUT2D eigenvalue weighted by Gasteiger charge is 2.28. The van der Waals surface area contributed by atoms with Crippen molar-refractivity contribution in [2.45, 2.75) is 17.6 Å². The molecule has 1 amide bonds. The first-order valence-corrected chi connectivity index (χ1v) is 8.46. The molecule has 0 spiro atoms. The Balaban J connectivity index is 2.18. The molecule has 6 nitrogen and oxygen atoms in total. The van der Waals surface area contributed by atoms with Gasteiger partial charge in [-0.2, -0.15) is 9.57 Å². The van der Waals surface area contributed by atoms with Crippen LogP contribution in [0, 0.1) is 11.3 Å². The molecule has 0 bridgehead atoms. The Bertz CT molecular complexity index is 645. The highest BCUT2D eigenvalue weighted by atomic mass is 32.2. The SMILES string of the molecule is CC(=O)N1CCCN(S(=O)(=O)c2ccc(C#N)s2)CC1. The first-order valence-electron chi connectivity index (χ1n) is 6.21. The van der Waals surface area contributed by atoms with Crippen LogP contribution in [0.25, 0.3) is 0 Å². The highest BCUT2D eigenvalue weighted by Crippen LogP contribution is 2.25. The first kappa shape index (κ1) is 15.0. The van der Waals surface area contributed by atoms with Crippen LogP contribution in [0.3, 0.4) is 0 Å². The summed E-state index contributed by atoms with van der Waals surface area (Å²) in [6.07, 6.45) is 0.620. The molecule has 1 aliphatic rings. The summed E-state index contributed by atoms with van der Waals surface area (Å²) in [6.45, 7) is 3.16. The third kappa shape index (κ3) is 3.00. The molecule has 0 aliphatic carbocycles. The Morgan fingerprint density at radius 2 is 2.05 bits per heavy atom. The molecule has 0 radical (unpaired) electrons. The van der Waals surface area contributed by atoms with E-state index in [0.29, 0.717) is 37.5 Å². The monoisotopic (exact) mass is 313 g/mol. The molecule has 20 heavy (non-hydrogen) atoms. The van der Waals surface area contributed by atoms with Crippen LogP contribution < -0.4 is 0 Å². The number of hydrogen-bond acceptors (Lipinski definition) is 5. The van der Waals surface area contributed by atoms with Gasteiger partial charge in [-0.15, -0.1) is 11.3 Å². The van der Waals surface area contributed by atoms with E-state index < -0.39 is 10.0 Å². The van der Waals surface area contributed by atoms with Crippen LogP contribution in [0.4, 0.5) is 0 Å². The molecule has 0 aromatic carbocycles. The molecule has 1 aromatic rings. The van der Waals surface area contributed by atoms with Gasteiger partial charge in [-0.25, -0.2) is 8.42 Å². The lowest BCUT2D eigenvalue weighted by Gasteiger charge is -2.20. The Labute approximate surface area is 122 Å². The summed E-state index contributed by atoms with van der Waals surface area (Å²) in [5.41, 5.74) is 0. The number of amides is 1. The van der Waals surface area contributed by atoms with Gasteiger partial charge in [0.2, 0.25) is 5.91 Å². The van der Waals surface area contributed by atoms with Crippen LogP contribution in [0.1, 0.15) is 18.2 Å². The van der Waals surface area contributed by atoms with Crippen molar-refractivity contribution in [3.8, 4) is 6.07 Å². The first-order chi connectivity index (χ1) is 9.45. The van der Waals surface area contributed by atoms with Gasteiger partial charge in [0, 0.05) is 33.1 Å². The topological polar surface area (TPSA) is 81.5 Å². The minimum absolute atomic E-state index is 0.0351. The number of rotatable bonds is 2. The van der Waals surface area contributed by atoms with E-state index in [1.807, 2.05) is 6.07 Å². The number of carbonyl (C=O) groups excluding carboxylic acids is 1. The molecule has 0 atom stereocenters. The maximum absolute atomic E-state index is 12.5. The molecule has 1 aliphatic heterocycles. The summed E-state index contributed by atoms with van der Waals surface area (Å²) in [5, 5.41) is 8.78. The minimum Gasteiger partial charge on any atom is -0.342 e. The predicted molar refractivity (Wildman–Crippen MR) is 74.7 cm³/mol. The van der Waals surface area contributed by atoms with Crippen molar-refractivity contribution in [1.82, 2.24) is 9.21 Å². The van der Waals surface area contributed by atoms with Gasteiger partial charge in [-0.05, 0) is 18.6 Å². The van der Waals surface area contributed by atoms with Crippen LogP contribution in [-0.4, -0.2) is 49.7 Å². The summed E-state index contributed by atoms with van der Waals surface area (Å²) in [4.78, 5) is 13.4. The summed E-state index contributed by atoms with van der Waals surface area (Å²) in [6, 6.07) is 4.92. The van der Waals surface area contributed by atoms with Crippen LogP contribution in [-0.2, 0) is 14.8 Å². The fourth-order valence-corrected chi connectivity index (χ4v) is 4.82. The van der Waals surface area contributed by atoms with Gasteiger partial charge in [0.1, 0.15) is 15.2 Å². The van der Waals surface area contributed by atoms with E-state index >= 15 is 0 Å². The molecule has 0 unspecified atom stereocenters. The van der Waals surface area contributed by atoms with E-state index in [4.69, 9.17) is 5.26 Å². The van der Waals surface area contributed by atoms with Gasteiger partial charge in [-0.3, -0.25) is 4.79 Å². The van der Waals surface area contributed by atoms with Gasteiger partial charge in [0.05, 0.1) is 0 Å². The van der Waals surface area contributed by atoms with E-state index in [1.54, 1.807) is 4.90 Å². The highest BCUT2D eigenvalue weighted by molar-refractivity contribution is 7.91. The second kappa shape index (κ2) is 5.91. The van der Waals surface area contributed by atoms with Crippen LogP contribution in [0.15, 0.2) is 16.3 Å². The Hall–Kier alpha value is -1.43. The Morgan fingerprint density at radius 1 is 1.30 bits per heavy atom. The molecule has 1 saturated heterocycles. The maximum atomic E-state index is 12.5. The third-order valence-corrected chi connectivity index (χ3v) is 6.54. The van der Waals surface area contributed by atoms with Gasteiger partial charge in [0.15, 0.2) is 0 Å². The average molecular weight is 313 g/mol. The van der Waals surface area contributed by atoms with Crippen molar-refractivity contribution in [3.63, 3.8) is 0 Å². The maximum Gasteiger partial charge on any atom is 0.252 e. The lowest BCUT2D eigenvalue weighted by Crippen LogP contribution is -2.36. The van der Waals surface area contributed by atoms with Gasteiger partial charge in [-0.1, -0.05) is 0 Å². The van der Waals surface area contributed by atoms with Crippen LogP contribution in [0.2, 0.25) is 0 Å². The van der Waals surface area contributed by atoms with E-state index in [9.17, 15) is 13.2 Å². The fourth-order valence-electron chi connectivity index (χ4n) is 2.10. The normalized spacial score (nSPS) is 17.5. The number of nitriles is 1. The summed E-state index contributed by atoms with van der Waals surface area (Å²) in [5.74, 6) is -0.0351. The molecule has 1 fully saturated rings. The van der Waals surface area contributed by atoms with Gasteiger partial charge >= 0.3 is 0 Å². The lowest BCUT2D eigenvalue weighted by atomic mass is 10.4. The standard InChI is InChI=1S/C12H15N3O3S2/c1-10(16)14-5-2-6-15(8-7-14)20(17,18)12-4-3-11(9-13)19-12/h3-4H,2,5-8H2,1H3. The molecule has 1 aromatic heterocycles. The third-order valence-electron chi connectivity index (χ3n) is 3.19. The molecule has 2 rings (SSSR count). The van der Waals surface area contributed by atoms with Crippen LogP contribution >= 0.6 is 11.3 Å². The van der Waals surface area contributed by atoms with Crippen molar-refractivity contribution in [2.75, 3.05) is 26.2 Å². The van der Waals surface area contributed by atoms with E-state index in [1.165, 1.54) is 23.4 Å². The number of hydrogen-bond donors (Lipinski definition) is 0. The van der Waals surface area contributed by atoms with Crippen molar-refractivity contribution in [3.05, 3.63) is 17.0 Å². The van der Waals surface area contributed by atoms with E-state index in [0.717, 1.165) is 11.3 Å². The molecular formula is C12H15N3O3S2.